The second-order valence-corrected chi connectivity index (χ2v) is 16.3. The Labute approximate surface area is 335 Å². The van der Waals surface area contributed by atoms with Gasteiger partial charge in [-0.25, -0.2) is 0 Å². The molecule has 9 aromatic carbocycles. The van der Waals surface area contributed by atoms with Gasteiger partial charge in [0.2, 0.25) is 0 Å². The van der Waals surface area contributed by atoms with Gasteiger partial charge in [-0.2, -0.15) is 0 Å². The molecule has 0 fully saturated rings. The minimum absolute atomic E-state index is 0.181. The lowest BCUT2D eigenvalue weighted by Crippen LogP contribution is -1.99. The van der Waals surface area contributed by atoms with Crippen LogP contribution in [0.25, 0.3) is 92.2 Å². The van der Waals surface area contributed by atoms with Crippen molar-refractivity contribution >= 4 is 53.3 Å². The first-order valence-corrected chi connectivity index (χ1v) is 20.5. The van der Waals surface area contributed by atoms with E-state index in [0.29, 0.717) is 0 Å². The molecule has 0 saturated carbocycles. The third-order valence-corrected chi connectivity index (χ3v) is 13.2. The molecule has 2 aromatic heterocycles. The fourth-order valence-electron chi connectivity index (χ4n) is 9.52. The lowest BCUT2D eigenvalue weighted by atomic mass is 9.87. The molecule has 0 aliphatic heterocycles. The zero-order chi connectivity index (χ0) is 37.5. The van der Waals surface area contributed by atoms with Crippen LogP contribution in [0.15, 0.2) is 206 Å². The number of hydrogen-bond acceptors (Lipinski definition) is 1. The summed E-state index contributed by atoms with van der Waals surface area (Å²) in [4.78, 5) is 0. The van der Waals surface area contributed by atoms with E-state index in [4.69, 9.17) is 0 Å². The van der Waals surface area contributed by atoms with Gasteiger partial charge in [-0.05, 0) is 97.6 Å². The maximum atomic E-state index is 2.52. The van der Waals surface area contributed by atoms with Crippen molar-refractivity contribution in [2.75, 3.05) is 0 Å². The summed E-state index contributed by atoms with van der Waals surface area (Å²) in [6.45, 7) is 0. The molecular weight excluding hydrogens is 707 g/mol. The van der Waals surface area contributed by atoms with Crippen LogP contribution in [0.4, 0.5) is 0 Å². The van der Waals surface area contributed by atoms with Crippen molar-refractivity contribution < 1.29 is 0 Å². The van der Waals surface area contributed by atoms with Crippen LogP contribution in [0.5, 0.6) is 0 Å². The van der Waals surface area contributed by atoms with Gasteiger partial charge >= 0.3 is 0 Å². The molecule has 2 heteroatoms. The summed E-state index contributed by atoms with van der Waals surface area (Å²) in [6, 6.07) is 76.3. The first-order valence-electron chi connectivity index (χ1n) is 19.7. The van der Waals surface area contributed by atoms with Crippen LogP contribution in [0.3, 0.4) is 0 Å². The normalized spacial score (nSPS) is 13.4. The number of benzene rings is 9. The molecule has 1 nitrogen and oxygen atoms in total. The van der Waals surface area contributed by atoms with E-state index in [1.807, 2.05) is 11.3 Å². The molecule has 1 aliphatic rings. The largest absolute Gasteiger partial charge is 0.309 e. The van der Waals surface area contributed by atoms with Gasteiger partial charge < -0.3 is 4.57 Å². The molecule has 0 saturated heterocycles. The first-order chi connectivity index (χ1) is 28.3. The average Bonchev–Trinajstić information content (AvgIpc) is 3.94. The van der Waals surface area contributed by atoms with Crippen LogP contribution in [0.1, 0.15) is 22.6 Å². The Balaban J connectivity index is 1.08. The predicted octanol–water partition coefficient (Wildman–Crippen LogP) is 15.3. The van der Waals surface area contributed by atoms with Crippen molar-refractivity contribution in [3.05, 3.63) is 223 Å². The number of fused-ring (bicyclic) bond motifs is 10. The van der Waals surface area contributed by atoms with Crippen molar-refractivity contribution in [2.24, 2.45) is 0 Å². The number of aromatic nitrogens is 1. The van der Waals surface area contributed by atoms with Crippen molar-refractivity contribution in [1.29, 1.82) is 0 Å². The van der Waals surface area contributed by atoms with E-state index in [1.165, 1.54) is 109 Å². The minimum atomic E-state index is 0.181. The standard InChI is InChI=1S/C55H35NS/c1-3-13-35(14-4-1)37-23-25-39(26-24-37)52-43-18-8-7-17-42(43)48-33-40(29-32-44(48)52)47-34-51-54(46-20-10-12-22-50(46)57-51)55-53(47)45-19-9-11-21-49(45)56(55)41-30-27-38(28-31-41)36-15-5-2-6-16-36/h1-34,52H. The summed E-state index contributed by atoms with van der Waals surface area (Å²) in [5, 5.41) is 5.20. The molecule has 0 N–H and O–H groups in total. The molecule has 0 bridgehead atoms. The van der Waals surface area contributed by atoms with E-state index < -0.39 is 0 Å². The Morgan fingerprint density at radius 3 is 1.70 bits per heavy atom. The quantitative estimate of drug-likeness (QED) is 0.166. The number of nitrogens with zero attached hydrogens (tertiary/aromatic N) is 1. The highest BCUT2D eigenvalue weighted by Gasteiger charge is 2.31. The van der Waals surface area contributed by atoms with Gasteiger partial charge in [-0.3, -0.25) is 0 Å². The molecule has 57 heavy (non-hydrogen) atoms. The van der Waals surface area contributed by atoms with E-state index in [0.717, 1.165) is 0 Å². The zero-order valence-electron chi connectivity index (χ0n) is 31.1. The van der Waals surface area contributed by atoms with Gasteiger partial charge in [0.25, 0.3) is 0 Å². The second kappa shape index (κ2) is 12.8. The third kappa shape index (κ3) is 5.01. The van der Waals surface area contributed by atoms with Crippen LogP contribution in [0, 0.1) is 0 Å². The van der Waals surface area contributed by atoms with Gasteiger partial charge in [0.05, 0.1) is 11.0 Å². The number of para-hydroxylation sites is 1. The first kappa shape index (κ1) is 32.3. The molecule has 266 valence electrons. The summed E-state index contributed by atoms with van der Waals surface area (Å²) in [5.74, 6) is 0.181. The maximum absolute atomic E-state index is 2.52. The smallest absolute Gasteiger partial charge is 0.0640 e. The highest BCUT2D eigenvalue weighted by molar-refractivity contribution is 7.26. The number of hydrogen-bond donors (Lipinski definition) is 0. The van der Waals surface area contributed by atoms with Gasteiger partial charge in [-0.1, -0.05) is 170 Å². The molecule has 1 unspecified atom stereocenters. The van der Waals surface area contributed by atoms with Crippen molar-refractivity contribution in [3.63, 3.8) is 0 Å². The van der Waals surface area contributed by atoms with E-state index in [2.05, 4.69) is 211 Å². The second-order valence-electron chi connectivity index (χ2n) is 15.2. The van der Waals surface area contributed by atoms with Crippen molar-refractivity contribution in [2.45, 2.75) is 5.92 Å². The Morgan fingerprint density at radius 2 is 0.947 bits per heavy atom. The summed E-state index contributed by atoms with van der Waals surface area (Å²) < 4.78 is 5.13. The third-order valence-electron chi connectivity index (χ3n) is 12.1. The topological polar surface area (TPSA) is 4.93 Å². The summed E-state index contributed by atoms with van der Waals surface area (Å²) >= 11 is 1.90. The maximum Gasteiger partial charge on any atom is 0.0640 e. The fourth-order valence-corrected chi connectivity index (χ4v) is 10.7. The van der Waals surface area contributed by atoms with Gasteiger partial charge in [0.1, 0.15) is 0 Å². The number of thiophene rings is 1. The van der Waals surface area contributed by atoms with Crippen molar-refractivity contribution in [1.82, 2.24) is 4.57 Å². The molecule has 0 spiro atoms. The van der Waals surface area contributed by atoms with Gasteiger partial charge in [0, 0.05) is 42.6 Å². The molecule has 1 aliphatic carbocycles. The van der Waals surface area contributed by atoms with Crippen LogP contribution >= 0.6 is 11.3 Å². The van der Waals surface area contributed by atoms with Crippen LogP contribution in [-0.2, 0) is 0 Å². The Bertz CT molecular complexity index is 3310. The molecule has 12 rings (SSSR count). The molecule has 0 radical (unpaired) electrons. The lowest BCUT2D eigenvalue weighted by Gasteiger charge is -2.16. The van der Waals surface area contributed by atoms with E-state index in [-0.39, 0.29) is 5.92 Å². The van der Waals surface area contributed by atoms with Crippen LogP contribution in [-0.4, -0.2) is 4.57 Å². The lowest BCUT2D eigenvalue weighted by molar-refractivity contribution is 1.02. The van der Waals surface area contributed by atoms with E-state index >= 15 is 0 Å². The van der Waals surface area contributed by atoms with Crippen LogP contribution in [0.2, 0.25) is 0 Å². The van der Waals surface area contributed by atoms with Gasteiger partial charge in [0.15, 0.2) is 0 Å². The molecule has 1 atom stereocenters. The molecule has 0 amide bonds. The fraction of sp³-hybridized carbons (Fsp3) is 0.0182. The van der Waals surface area contributed by atoms with Gasteiger partial charge in [-0.15, -0.1) is 11.3 Å². The highest BCUT2D eigenvalue weighted by atomic mass is 32.1. The average molecular weight is 742 g/mol. The molecule has 2 heterocycles. The molecular formula is C55H35NS. The Kier molecular flexibility index (Phi) is 7.23. The summed E-state index contributed by atoms with van der Waals surface area (Å²) in [6.07, 6.45) is 0. The predicted molar refractivity (Wildman–Crippen MR) is 243 cm³/mol. The van der Waals surface area contributed by atoms with E-state index in [1.54, 1.807) is 0 Å². The minimum Gasteiger partial charge on any atom is -0.309 e. The Morgan fingerprint density at radius 1 is 0.368 bits per heavy atom. The monoisotopic (exact) mass is 741 g/mol. The van der Waals surface area contributed by atoms with E-state index in [9.17, 15) is 0 Å². The SMILES string of the molecule is c1ccc(-c2ccc(C3c4ccccc4-c4cc(-c5cc6sc7ccccc7c6c6c5c5ccccc5n6-c5ccc(-c6ccccc6)cc5)ccc43)cc2)cc1. The summed E-state index contributed by atoms with van der Waals surface area (Å²) in [5.41, 5.74) is 17.8. The highest BCUT2D eigenvalue weighted by Crippen LogP contribution is 2.52. The Hall–Kier alpha value is -7.00. The van der Waals surface area contributed by atoms with Crippen molar-refractivity contribution in [3.8, 4) is 50.2 Å². The summed E-state index contributed by atoms with van der Waals surface area (Å²) in [7, 11) is 0. The molecule has 11 aromatic rings. The zero-order valence-corrected chi connectivity index (χ0v) is 31.9. The number of rotatable bonds is 5. The van der Waals surface area contributed by atoms with Crippen LogP contribution < -0.4 is 0 Å².